The predicted molar refractivity (Wildman–Crippen MR) is 110 cm³/mol. The van der Waals surface area contributed by atoms with Crippen LogP contribution in [0.1, 0.15) is 10.4 Å². The van der Waals surface area contributed by atoms with Gasteiger partial charge in [0, 0.05) is 5.56 Å². The average Bonchev–Trinajstić information content (AvgIpc) is 3.19. The molecule has 0 spiro atoms. The maximum atomic E-state index is 14.1. The van der Waals surface area contributed by atoms with E-state index in [1.54, 1.807) is 54.7 Å². The van der Waals surface area contributed by atoms with Crippen LogP contribution in [0.15, 0.2) is 72.9 Å². The normalized spacial score (nSPS) is 10.7. The van der Waals surface area contributed by atoms with Crippen molar-refractivity contribution < 1.29 is 14.3 Å². The van der Waals surface area contributed by atoms with Crippen LogP contribution in [-0.4, -0.2) is 21.0 Å². The summed E-state index contributed by atoms with van der Waals surface area (Å²) in [7, 11) is 0. The van der Waals surface area contributed by atoms with Crippen LogP contribution in [0.2, 0.25) is 5.02 Å². The van der Waals surface area contributed by atoms with E-state index in [0.29, 0.717) is 22.8 Å². The van der Waals surface area contributed by atoms with E-state index in [1.165, 1.54) is 18.2 Å². The topological polar surface area (TPSA) is 78.0 Å². The molecule has 4 aromatic rings. The van der Waals surface area contributed by atoms with Crippen LogP contribution in [0.25, 0.3) is 22.6 Å². The number of amides is 1. The second-order valence-electron chi connectivity index (χ2n) is 6.29. The van der Waals surface area contributed by atoms with Gasteiger partial charge in [-0.2, -0.15) is 0 Å². The lowest BCUT2D eigenvalue weighted by atomic mass is 10.1. The minimum Gasteiger partial charge on any atom is -0.506 e. The van der Waals surface area contributed by atoms with Crippen LogP contribution in [0.5, 0.6) is 5.75 Å². The van der Waals surface area contributed by atoms with Crippen LogP contribution in [0, 0.1) is 5.82 Å². The Morgan fingerprint density at radius 3 is 2.52 bits per heavy atom. The zero-order valence-corrected chi connectivity index (χ0v) is 15.7. The SMILES string of the molecule is O=C(Nc1ccccc1O)c1ccc(-c2cnc(-c3c(F)cccc3Cl)[nH]2)cc1. The Balaban J connectivity index is 1.55. The van der Waals surface area contributed by atoms with Gasteiger partial charge in [-0.1, -0.05) is 41.9 Å². The molecular weight excluding hydrogens is 393 g/mol. The van der Waals surface area contributed by atoms with Gasteiger partial charge in [-0.15, -0.1) is 0 Å². The quantitative estimate of drug-likeness (QED) is 0.391. The average molecular weight is 408 g/mol. The molecular formula is C22H15ClFN3O2. The number of hydrogen-bond acceptors (Lipinski definition) is 3. The Hall–Kier alpha value is -3.64. The molecule has 29 heavy (non-hydrogen) atoms. The highest BCUT2D eigenvalue weighted by molar-refractivity contribution is 6.33. The lowest BCUT2D eigenvalue weighted by molar-refractivity contribution is 0.102. The number of nitrogens with zero attached hydrogens (tertiary/aromatic N) is 1. The standard InChI is InChI=1S/C22H15ClFN3O2/c23-15-4-3-5-16(24)20(15)21-25-12-18(26-21)13-8-10-14(11-9-13)22(29)27-17-6-1-2-7-19(17)28/h1-12,28H,(H,25,26)(H,27,29). The van der Waals surface area contributed by atoms with Gasteiger partial charge in [0.1, 0.15) is 17.4 Å². The number of anilines is 1. The summed E-state index contributed by atoms with van der Waals surface area (Å²) in [6.45, 7) is 0. The van der Waals surface area contributed by atoms with Crippen molar-refractivity contribution in [2.75, 3.05) is 5.32 Å². The highest BCUT2D eigenvalue weighted by Gasteiger charge is 2.14. The monoisotopic (exact) mass is 407 g/mol. The molecule has 5 nitrogen and oxygen atoms in total. The van der Waals surface area contributed by atoms with Gasteiger partial charge >= 0.3 is 0 Å². The second-order valence-corrected chi connectivity index (χ2v) is 6.70. The van der Waals surface area contributed by atoms with Crippen molar-refractivity contribution in [1.82, 2.24) is 9.97 Å². The van der Waals surface area contributed by atoms with E-state index < -0.39 is 5.82 Å². The lowest BCUT2D eigenvalue weighted by Crippen LogP contribution is -2.11. The summed E-state index contributed by atoms with van der Waals surface area (Å²) in [4.78, 5) is 19.7. The van der Waals surface area contributed by atoms with Crippen LogP contribution in [0.3, 0.4) is 0 Å². The fourth-order valence-electron chi connectivity index (χ4n) is 2.89. The number of phenolic OH excluding ortho intramolecular Hbond substituents is 1. The number of imidazole rings is 1. The maximum Gasteiger partial charge on any atom is 0.255 e. The first-order valence-electron chi connectivity index (χ1n) is 8.72. The molecule has 1 amide bonds. The third-order valence-electron chi connectivity index (χ3n) is 4.39. The van der Waals surface area contributed by atoms with E-state index in [1.807, 2.05) is 0 Å². The third-order valence-corrected chi connectivity index (χ3v) is 4.70. The van der Waals surface area contributed by atoms with E-state index in [2.05, 4.69) is 15.3 Å². The highest BCUT2D eigenvalue weighted by atomic mass is 35.5. The maximum absolute atomic E-state index is 14.1. The summed E-state index contributed by atoms with van der Waals surface area (Å²) in [5.41, 5.74) is 2.40. The largest absolute Gasteiger partial charge is 0.506 e. The zero-order chi connectivity index (χ0) is 20.4. The number of benzene rings is 3. The fourth-order valence-corrected chi connectivity index (χ4v) is 3.15. The van der Waals surface area contributed by atoms with Crippen LogP contribution in [-0.2, 0) is 0 Å². The molecule has 7 heteroatoms. The van der Waals surface area contributed by atoms with Crippen LogP contribution in [0.4, 0.5) is 10.1 Å². The Labute approximate surface area is 170 Å². The summed E-state index contributed by atoms with van der Waals surface area (Å²) < 4.78 is 14.1. The van der Waals surface area contributed by atoms with E-state index >= 15 is 0 Å². The van der Waals surface area contributed by atoms with Crippen molar-refractivity contribution in [3.05, 3.63) is 89.3 Å². The Morgan fingerprint density at radius 1 is 1.03 bits per heavy atom. The number of para-hydroxylation sites is 2. The van der Waals surface area contributed by atoms with Crippen molar-refractivity contribution in [3.8, 4) is 28.4 Å². The Morgan fingerprint density at radius 2 is 1.79 bits per heavy atom. The summed E-state index contributed by atoms with van der Waals surface area (Å²) in [5.74, 6) is -0.491. The molecule has 0 saturated carbocycles. The molecule has 0 fully saturated rings. The summed E-state index contributed by atoms with van der Waals surface area (Å²) >= 11 is 6.09. The summed E-state index contributed by atoms with van der Waals surface area (Å²) in [6, 6.07) is 17.8. The minimum absolute atomic E-state index is 0.00531. The molecule has 144 valence electrons. The summed E-state index contributed by atoms with van der Waals surface area (Å²) in [6.07, 6.45) is 1.58. The smallest absolute Gasteiger partial charge is 0.255 e. The minimum atomic E-state index is -0.463. The third kappa shape index (κ3) is 3.83. The van der Waals surface area contributed by atoms with Gasteiger partial charge < -0.3 is 15.4 Å². The number of carbonyl (C=O) groups excluding carboxylic acids is 1. The second kappa shape index (κ2) is 7.77. The van der Waals surface area contributed by atoms with Crippen molar-refractivity contribution in [3.63, 3.8) is 0 Å². The van der Waals surface area contributed by atoms with Crippen LogP contribution < -0.4 is 5.32 Å². The number of aromatic amines is 1. The van der Waals surface area contributed by atoms with Crippen molar-refractivity contribution in [2.24, 2.45) is 0 Å². The van der Waals surface area contributed by atoms with Gasteiger partial charge in [-0.05, 0) is 42.0 Å². The molecule has 3 aromatic carbocycles. The zero-order valence-electron chi connectivity index (χ0n) is 15.0. The molecule has 0 unspecified atom stereocenters. The molecule has 0 atom stereocenters. The Bertz CT molecular complexity index is 1170. The van der Waals surface area contributed by atoms with Crippen molar-refractivity contribution in [1.29, 1.82) is 0 Å². The number of aromatic hydroxyl groups is 1. The van der Waals surface area contributed by atoms with Gasteiger partial charge in [0.25, 0.3) is 5.91 Å². The van der Waals surface area contributed by atoms with Gasteiger partial charge in [-0.25, -0.2) is 9.37 Å². The fraction of sp³-hybridized carbons (Fsp3) is 0. The molecule has 0 aliphatic rings. The molecule has 0 aliphatic heterocycles. The van der Waals surface area contributed by atoms with E-state index in [4.69, 9.17) is 11.6 Å². The van der Waals surface area contributed by atoms with E-state index in [0.717, 1.165) is 5.56 Å². The van der Waals surface area contributed by atoms with Crippen LogP contribution >= 0.6 is 11.6 Å². The van der Waals surface area contributed by atoms with Gasteiger partial charge in [-0.3, -0.25) is 4.79 Å². The number of phenols is 1. The number of nitrogens with one attached hydrogen (secondary N) is 2. The Kier molecular flexibility index (Phi) is 5.01. The lowest BCUT2D eigenvalue weighted by Gasteiger charge is -2.07. The number of aromatic nitrogens is 2. The molecule has 3 N–H and O–H groups in total. The number of hydrogen-bond donors (Lipinski definition) is 3. The first-order chi connectivity index (χ1) is 14.0. The van der Waals surface area contributed by atoms with Crippen molar-refractivity contribution in [2.45, 2.75) is 0 Å². The van der Waals surface area contributed by atoms with Gasteiger partial charge in [0.15, 0.2) is 0 Å². The molecule has 0 saturated heterocycles. The molecule has 4 rings (SSSR count). The number of rotatable bonds is 4. The molecule has 1 heterocycles. The molecule has 0 aliphatic carbocycles. The van der Waals surface area contributed by atoms with E-state index in [9.17, 15) is 14.3 Å². The van der Waals surface area contributed by atoms with Crippen molar-refractivity contribution >= 4 is 23.2 Å². The molecule has 0 bridgehead atoms. The first kappa shape index (κ1) is 18.7. The predicted octanol–water partition coefficient (Wildman–Crippen LogP) is 5.49. The van der Waals surface area contributed by atoms with Gasteiger partial charge in [0.05, 0.1) is 28.2 Å². The summed E-state index contributed by atoms with van der Waals surface area (Å²) in [5, 5.41) is 12.7. The number of H-pyrrole nitrogens is 1. The highest BCUT2D eigenvalue weighted by Crippen LogP contribution is 2.30. The van der Waals surface area contributed by atoms with Gasteiger partial charge in [0.2, 0.25) is 0 Å². The van der Waals surface area contributed by atoms with E-state index in [-0.39, 0.29) is 22.2 Å². The first-order valence-corrected chi connectivity index (χ1v) is 9.10. The number of halogens is 2. The molecule has 0 radical (unpaired) electrons. The molecule has 1 aromatic heterocycles. The number of carbonyl (C=O) groups is 1.